The Labute approximate surface area is 191 Å². The number of amides is 2. The predicted molar refractivity (Wildman–Crippen MR) is 124 cm³/mol. The monoisotopic (exact) mass is 450 g/mol. The van der Waals surface area contributed by atoms with E-state index in [0.29, 0.717) is 34.7 Å². The summed E-state index contributed by atoms with van der Waals surface area (Å²) in [4.78, 5) is 27.7. The zero-order valence-electron chi connectivity index (χ0n) is 17.7. The van der Waals surface area contributed by atoms with Gasteiger partial charge in [0.05, 0.1) is 25.9 Å². The molecule has 3 aromatic carbocycles. The molecule has 0 saturated heterocycles. The Balaban J connectivity index is 1.65. The molecule has 164 valence electrons. The first kappa shape index (κ1) is 21.7. The number of nitrogens with one attached hydrogen (secondary N) is 1. The zero-order chi connectivity index (χ0) is 22.7. The fourth-order valence-corrected chi connectivity index (χ4v) is 4.26. The number of ether oxygens (including phenoxy) is 2. The maximum Gasteiger partial charge on any atom is 0.259 e. The van der Waals surface area contributed by atoms with Gasteiger partial charge in [-0.15, -0.1) is 0 Å². The van der Waals surface area contributed by atoms with Crippen molar-refractivity contribution in [3.8, 4) is 11.5 Å². The number of fused-ring (bicyclic) bond motifs is 1. The molecule has 0 aromatic heterocycles. The van der Waals surface area contributed by atoms with Gasteiger partial charge in [-0.05, 0) is 42.0 Å². The third-order valence-corrected chi connectivity index (χ3v) is 5.85. The lowest BCUT2D eigenvalue weighted by molar-refractivity contribution is 0.0932. The molecule has 32 heavy (non-hydrogen) atoms. The molecule has 2 unspecified atom stereocenters. The molecule has 0 spiro atoms. The molecule has 1 aliphatic heterocycles. The average Bonchev–Trinajstić information content (AvgIpc) is 2.83. The number of halogens is 1. The maximum atomic E-state index is 13.4. The number of carbonyl (C=O) groups excluding carboxylic acids is 2. The van der Waals surface area contributed by atoms with Gasteiger partial charge in [-0.2, -0.15) is 0 Å². The highest BCUT2D eigenvalue weighted by molar-refractivity contribution is 6.26. The molecule has 0 saturated carbocycles. The number of nitrogens with zero attached hydrogens (tertiary/aromatic N) is 1. The Morgan fingerprint density at radius 3 is 2.31 bits per heavy atom. The van der Waals surface area contributed by atoms with E-state index in [4.69, 9.17) is 21.1 Å². The summed E-state index contributed by atoms with van der Waals surface area (Å²) < 4.78 is 10.6. The van der Waals surface area contributed by atoms with Crippen molar-refractivity contribution in [2.45, 2.75) is 18.0 Å². The van der Waals surface area contributed by atoms with Gasteiger partial charge in [0.25, 0.3) is 11.8 Å². The molecule has 0 fully saturated rings. The first-order valence-corrected chi connectivity index (χ1v) is 10.6. The van der Waals surface area contributed by atoms with E-state index >= 15 is 0 Å². The maximum absolute atomic E-state index is 13.4. The zero-order valence-corrected chi connectivity index (χ0v) is 18.5. The minimum Gasteiger partial charge on any atom is -0.493 e. The summed E-state index contributed by atoms with van der Waals surface area (Å²) in [7, 11) is 3.06. The molecule has 6 nitrogen and oxygen atoms in total. The molecular weight excluding hydrogens is 428 g/mol. The standard InChI is InChI=1S/C25H23ClN2O4/c1-31-21-13-12-17(14-22(21)32-2)25(30)28-20-11-7-6-10-18(20)19(15-23(28)26)27-24(29)16-8-4-3-5-9-16/h3-14,19,23H,15H2,1-2H3,(H,27,29). The van der Waals surface area contributed by atoms with Gasteiger partial charge in [0, 0.05) is 17.5 Å². The second-order valence-corrected chi connectivity index (χ2v) is 7.87. The number of para-hydroxylation sites is 1. The van der Waals surface area contributed by atoms with E-state index in [-0.39, 0.29) is 17.9 Å². The van der Waals surface area contributed by atoms with E-state index in [1.165, 1.54) is 7.11 Å². The van der Waals surface area contributed by atoms with E-state index < -0.39 is 5.50 Å². The van der Waals surface area contributed by atoms with Gasteiger partial charge >= 0.3 is 0 Å². The second kappa shape index (κ2) is 9.32. The molecular formula is C25H23ClN2O4. The molecule has 1 heterocycles. The van der Waals surface area contributed by atoms with Crippen LogP contribution in [0.1, 0.15) is 38.7 Å². The van der Waals surface area contributed by atoms with Crippen LogP contribution >= 0.6 is 11.6 Å². The van der Waals surface area contributed by atoms with Gasteiger partial charge in [0.2, 0.25) is 0 Å². The summed E-state index contributed by atoms with van der Waals surface area (Å²) >= 11 is 6.71. The van der Waals surface area contributed by atoms with Crippen molar-refractivity contribution in [1.29, 1.82) is 0 Å². The number of methoxy groups -OCH3 is 2. The number of anilines is 1. The summed E-state index contributed by atoms with van der Waals surface area (Å²) in [5.74, 6) is 0.553. The summed E-state index contributed by atoms with van der Waals surface area (Å²) in [5, 5.41) is 3.06. The minimum atomic E-state index is -0.647. The van der Waals surface area contributed by atoms with Crippen LogP contribution in [-0.4, -0.2) is 31.5 Å². The van der Waals surface area contributed by atoms with Crippen molar-refractivity contribution in [2.75, 3.05) is 19.1 Å². The fraction of sp³-hybridized carbons (Fsp3) is 0.200. The van der Waals surface area contributed by atoms with Crippen molar-refractivity contribution in [3.05, 3.63) is 89.5 Å². The van der Waals surface area contributed by atoms with Gasteiger partial charge in [0.15, 0.2) is 11.5 Å². The van der Waals surface area contributed by atoms with Gasteiger partial charge in [-0.1, -0.05) is 48.0 Å². The van der Waals surface area contributed by atoms with Crippen LogP contribution in [0.15, 0.2) is 72.8 Å². The first-order chi connectivity index (χ1) is 15.5. The third kappa shape index (κ3) is 4.14. The highest BCUT2D eigenvalue weighted by Gasteiger charge is 2.36. The lowest BCUT2D eigenvalue weighted by Gasteiger charge is -2.38. The van der Waals surface area contributed by atoms with Crippen LogP contribution in [0.25, 0.3) is 0 Å². The predicted octanol–water partition coefficient (Wildman–Crippen LogP) is 4.79. The minimum absolute atomic E-state index is 0.186. The molecule has 1 N–H and O–H groups in total. The fourth-order valence-electron chi connectivity index (χ4n) is 3.89. The molecule has 2 atom stereocenters. The molecule has 0 aliphatic carbocycles. The Bertz CT molecular complexity index is 1140. The second-order valence-electron chi connectivity index (χ2n) is 7.37. The number of alkyl halides is 1. The van der Waals surface area contributed by atoms with Crippen LogP contribution in [-0.2, 0) is 0 Å². The quantitative estimate of drug-likeness (QED) is 0.448. The molecule has 3 aromatic rings. The first-order valence-electron chi connectivity index (χ1n) is 10.2. The number of hydrogen-bond acceptors (Lipinski definition) is 4. The molecule has 0 bridgehead atoms. The largest absolute Gasteiger partial charge is 0.493 e. The van der Waals surface area contributed by atoms with Crippen molar-refractivity contribution in [3.63, 3.8) is 0 Å². The SMILES string of the molecule is COc1ccc(C(=O)N2c3ccccc3C(NC(=O)c3ccccc3)CC2Cl)cc1OC. The Hall–Kier alpha value is -3.51. The third-order valence-electron chi connectivity index (χ3n) is 5.47. The normalized spacial score (nSPS) is 17.3. The highest BCUT2D eigenvalue weighted by atomic mass is 35.5. The van der Waals surface area contributed by atoms with E-state index in [1.807, 2.05) is 42.5 Å². The van der Waals surface area contributed by atoms with Crippen LogP contribution in [0, 0.1) is 0 Å². The van der Waals surface area contributed by atoms with E-state index in [9.17, 15) is 9.59 Å². The molecule has 1 aliphatic rings. The molecule has 2 amide bonds. The van der Waals surface area contributed by atoms with E-state index in [1.54, 1.807) is 42.3 Å². The summed E-state index contributed by atoms with van der Waals surface area (Å²) in [6.45, 7) is 0. The van der Waals surface area contributed by atoms with E-state index in [0.717, 1.165) is 5.56 Å². The lowest BCUT2D eigenvalue weighted by Crippen LogP contribution is -2.45. The van der Waals surface area contributed by atoms with Gasteiger partial charge in [0.1, 0.15) is 5.50 Å². The van der Waals surface area contributed by atoms with E-state index in [2.05, 4.69) is 5.32 Å². The van der Waals surface area contributed by atoms with Crippen LogP contribution in [0.3, 0.4) is 0 Å². The van der Waals surface area contributed by atoms with Gasteiger partial charge in [-0.3, -0.25) is 14.5 Å². The number of hydrogen-bond donors (Lipinski definition) is 1. The van der Waals surface area contributed by atoms with Crippen LogP contribution in [0.5, 0.6) is 11.5 Å². The summed E-state index contributed by atoms with van der Waals surface area (Å²) in [6.07, 6.45) is 0.371. The average molecular weight is 451 g/mol. The molecule has 0 radical (unpaired) electrons. The molecule has 7 heteroatoms. The highest BCUT2D eigenvalue weighted by Crippen LogP contribution is 2.40. The topological polar surface area (TPSA) is 67.9 Å². The Morgan fingerprint density at radius 1 is 0.906 bits per heavy atom. The Morgan fingerprint density at radius 2 is 1.59 bits per heavy atom. The van der Waals surface area contributed by atoms with Gasteiger partial charge in [-0.25, -0.2) is 0 Å². The summed E-state index contributed by atoms with van der Waals surface area (Å²) in [6, 6.07) is 21.2. The van der Waals surface area contributed by atoms with Crippen molar-refractivity contribution < 1.29 is 19.1 Å². The number of carbonyl (C=O) groups is 2. The van der Waals surface area contributed by atoms with Crippen LogP contribution in [0.2, 0.25) is 0 Å². The molecule has 4 rings (SSSR count). The van der Waals surface area contributed by atoms with Crippen LogP contribution < -0.4 is 19.7 Å². The number of benzene rings is 3. The Kier molecular flexibility index (Phi) is 6.32. The van der Waals surface area contributed by atoms with Gasteiger partial charge < -0.3 is 14.8 Å². The lowest BCUT2D eigenvalue weighted by atomic mass is 9.95. The summed E-state index contributed by atoms with van der Waals surface area (Å²) in [5.41, 5.74) is 1.85. The smallest absolute Gasteiger partial charge is 0.259 e. The van der Waals surface area contributed by atoms with Crippen molar-refractivity contribution in [1.82, 2.24) is 5.32 Å². The number of rotatable bonds is 5. The van der Waals surface area contributed by atoms with Crippen molar-refractivity contribution >= 4 is 29.1 Å². The van der Waals surface area contributed by atoms with Crippen molar-refractivity contribution in [2.24, 2.45) is 0 Å². The van der Waals surface area contributed by atoms with Crippen LogP contribution in [0.4, 0.5) is 5.69 Å².